The molecule has 5 aromatic rings. The zero-order valence-corrected chi connectivity index (χ0v) is 66.7. The number of unbranched alkanes of at least 4 members (excludes halogenated alkanes) is 5. The first-order valence-corrected chi connectivity index (χ1v) is 40.1. The predicted molar refractivity (Wildman–Crippen MR) is 393 cm³/mol. The number of allylic oxidation sites excluding steroid dienone is 6. The van der Waals surface area contributed by atoms with Crippen molar-refractivity contribution in [1.82, 2.24) is 25.8 Å². The molecule has 7 rings (SSSR count). The molecule has 0 bridgehead atoms. The maximum atomic E-state index is 14.4. The van der Waals surface area contributed by atoms with E-state index in [0.717, 1.165) is 17.1 Å². The molecule has 576 valence electrons. The molecule has 0 spiro atoms. The van der Waals surface area contributed by atoms with Crippen LogP contribution in [0.2, 0.25) is 5.02 Å². The number of nitrogens with zero attached hydrogens (tertiary/aromatic N) is 3. The summed E-state index contributed by atoms with van der Waals surface area (Å²) in [5.41, 5.74) is 2.93. The van der Waals surface area contributed by atoms with Crippen LogP contribution in [-0.4, -0.2) is 165 Å². The van der Waals surface area contributed by atoms with Crippen LogP contribution in [0.1, 0.15) is 133 Å². The Bertz CT molecular complexity index is 4810. The Kier molecular flexibility index (Phi) is 31.1. The van der Waals surface area contributed by atoms with Gasteiger partial charge in [0.2, 0.25) is 23.4 Å². The van der Waals surface area contributed by atoms with Crippen molar-refractivity contribution in [1.29, 1.82) is 0 Å². The maximum Gasteiger partial charge on any atom is 1.00 e. The molecule has 0 radical (unpaired) electrons. The summed E-state index contributed by atoms with van der Waals surface area (Å²) in [6.07, 6.45) is 12.3. The topological polar surface area (TPSA) is 445 Å². The first-order chi connectivity index (χ1) is 49.7. The van der Waals surface area contributed by atoms with Crippen LogP contribution in [0.4, 0.5) is 21.9 Å². The van der Waals surface area contributed by atoms with Gasteiger partial charge in [-0.2, -0.15) is 21.4 Å². The Morgan fingerprint density at radius 1 is 0.710 bits per heavy atom. The van der Waals surface area contributed by atoms with E-state index in [1.807, 2.05) is 61.7 Å². The van der Waals surface area contributed by atoms with Gasteiger partial charge in [-0.3, -0.25) is 33.1 Å². The molecular formula is C71H88ClN8NaO22S4. The number of aryl methyl sites for hydroxylation is 1. The van der Waals surface area contributed by atoms with E-state index >= 15 is 0 Å². The zero-order valence-electron chi connectivity index (χ0n) is 60.7. The number of hydrogen-bond acceptors (Lipinski definition) is 20. The van der Waals surface area contributed by atoms with Crippen molar-refractivity contribution in [2.24, 2.45) is 0 Å². The second-order valence-corrected chi connectivity index (χ2v) is 32.5. The molecule has 4 aromatic carbocycles. The van der Waals surface area contributed by atoms with Gasteiger partial charge in [-0.25, -0.2) is 21.6 Å². The summed E-state index contributed by atoms with van der Waals surface area (Å²) in [6.45, 7) is 11.3. The summed E-state index contributed by atoms with van der Waals surface area (Å²) in [5.74, 6) is -3.86. The number of benzene rings is 4. The van der Waals surface area contributed by atoms with Crippen LogP contribution in [0.15, 0.2) is 136 Å². The second-order valence-electron chi connectivity index (χ2n) is 26.2. The van der Waals surface area contributed by atoms with Crippen LogP contribution in [0, 0.1) is 6.92 Å². The number of urea groups is 1. The van der Waals surface area contributed by atoms with Gasteiger partial charge in [-0.15, -0.1) is 0 Å². The predicted octanol–water partition coefficient (Wildman–Crippen LogP) is 4.67. The van der Waals surface area contributed by atoms with E-state index in [9.17, 15) is 85.8 Å². The summed E-state index contributed by atoms with van der Waals surface area (Å²) >= 11 is 6.59. The number of pyridine rings is 1. The number of carbonyl (C=O) groups is 5. The summed E-state index contributed by atoms with van der Waals surface area (Å²) in [7, 11) is -18.3. The number of ether oxygens (including phenoxy) is 3. The van der Waals surface area contributed by atoms with Crippen molar-refractivity contribution in [3.05, 3.63) is 164 Å². The monoisotopic (exact) mass is 1590 g/mol. The molecule has 5 amide bonds. The molecule has 3 heterocycles. The van der Waals surface area contributed by atoms with E-state index in [1.54, 1.807) is 93.6 Å². The van der Waals surface area contributed by atoms with Gasteiger partial charge in [0, 0.05) is 89.5 Å². The first-order valence-electron chi connectivity index (χ1n) is 33.9. The number of nitrogens with one attached hydrogen (secondary N) is 5. The number of hydrogen-bond donors (Lipinski definition) is 8. The molecule has 3 atom stereocenters. The third kappa shape index (κ3) is 23.3. The smallest absolute Gasteiger partial charge is 0.744 e. The fourth-order valence-electron chi connectivity index (χ4n) is 12.5. The molecule has 30 nitrogen and oxygen atoms in total. The molecular weight excluding hydrogens is 1500 g/mol. The Morgan fingerprint density at radius 2 is 1.33 bits per heavy atom. The Balaban J connectivity index is 0.0000179. The first kappa shape index (κ1) is 87.9. The Labute approximate surface area is 649 Å². The van der Waals surface area contributed by atoms with E-state index in [4.69, 9.17) is 25.8 Å². The van der Waals surface area contributed by atoms with Crippen LogP contribution in [0.3, 0.4) is 0 Å². The van der Waals surface area contributed by atoms with Gasteiger partial charge < -0.3 is 64.5 Å². The molecule has 2 unspecified atom stereocenters. The van der Waals surface area contributed by atoms with E-state index in [0.29, 0.717) is 102 Å². The van der Waals surface area contributed by atoms with Crippen molar-refractivity contribution in [3.63, 3.8) is 0 Å². The minimum absolute atomic E-state index is 0. The molecule has 36 heteroatoms. The van der Waals surface area contributed by atoms with Gasteiger partial charge >= 0.3 is 41.6 Å². The molecule has 2 aliphatic heterocycles. The Hall–Kier alpha value is -8.00. The third-order valence-electron chi connectivity index (χ3n) is 17.9. The van der Waals surface area contributed by atoms with Gasteiger partial charge in [-0.05, 0) is 132 Å². The quantitative estimate of drug-likeness (QED) is 0.00875. The number of rotatable bonds is 38. The van der Waals surface area contributed by atoms with Gasteiger partial charge in [-0.1, -0.05) is 81.1 Å². The maximum absolute atomic E-state index is 14.4. The van der Waals surface area contributed by atoms with Gasteiger partial charge in [0.15, 0.2) is 27.6 Å². The normalized spacial score (nSPS) is 15.3. The molecule has 0 fully saturated rings. The molecule has 0 saturated heterocycles. The van der Waals surface area contributed by atoms with Crippen LogP contribution >= 0.6 is 11.6 Å². The number of carboxylic acid groups (broad SMARTS) is 1. The van der Waals surface area contributed by atoms with Crippen molar-refractivity contribution >= 4 is 105 Å². The molecule has 8 N–H and O–H groups in total. The molecule has 0 aliphatic carbocycles. The summed E-state index contributed by atoms with van der Waals surface area (Å²) in [6, 6.07) is 17.9. The van der Waals surface area contributed by atoms with Crippen molar-refractivity contribution in [2.45, 2.75) is 150 Å². The molecule has 2 aliphatic rings. The van der Waals surface area contributed by atoms with E-state index in [-0.39, 0.29) is 84.8 Å². The largest absolute Gasteiger partial charge is 1.00 e. The van der Waals surface area contributed by atoms with E-state index in [2.05, 4.69) is 21.3 Å². The van der Waals surface area contributed by atoms with Crippen molar-refractivity contribution in [3.8, 4) is 17.2 Å². The van der Waals surface area contributed by atoms with Crippen molar-refractivity contribution < 1.29 is 129 Å². The van der Waals surface area contributed by atoms with Crippen molar-refractivity contribution in [2.75, 3.05) is 63.3 Å². The summed E-state index contributed by atoms with van der Waals surface area (Å²) in [5, 5.41) is 17.2. The van der Waals surface area contributed by atoms with Gasteiger partial charge in [0.1, 0.15) is 38.8 Å². The number of anilines is 2. The number of aliphatic carboxylic acids is 1. The molecule has 107 heavy (non-hydrogen) atoms. The summed E-state index contributed by atoms with van der Waals surface area (Å²) in [4.78, 5) is 80.9. The SMILES string of the molecule is CCOc1cccc([C@H](CC(=O)O)NC(=O)Nc2c(OCCCCCCNC(=O)C(CNC(=O)C(CNC(=O)CCCCCN3C(=CC=CC=CC4=[N+](C)c5ccc(S(=O)(=O)[O-])cc5C4(C)C)C(C)(C)c4cc(S(=O)(=O)[O-])ccc43)S(=O)(=O)O)S(=O)(=O)O)c(C)cn(Cc3c(Cl)cccc3OCC)c2=O)c1.[Na+]. The van der Waals surface area contributed by atoms with E-state index in [1.165, 1.54) is 35.0 Å². The number of amides is 5. The summed E-state index contributed by atoms with van der Waals surface area (Å²) < 4.78 is 162. The number of aromatic nitrogens is 1. The number of fused-ring (bicyclic) bond motifs is 2. The van der Waals surface area contributed by atoms with Crippen LogP contribution in [0.25, 0.3) is 0 Å². The fraction of sp³-hybridized carbons (Fsp3) is 0.423. The van der Waals surface area contributed by atoms with Crippen LogP contribution < -0.4 is 80.8 Å². The minimum atomic E-state index is -5.29. The average molecular weight is 1590 g/mol. The fourth-order valence-corrected chi connectivity index (χ4v) is 15.1. The van der Waals surface area contributed by atoms with E-state index < -0.39 is 128 Å². The van der Waals surface area contributed by atoms with Gasteiger partial charge in [0.25, 0.3) is 25.8 Å². The second kappa shape index (κ2) is 37.9. The zero-order chi connectivity index (χ0) is 78.3. The number of carbonyl (C=O) groups excluding carboxylic acids is 4. The third-order valence-corrected chi connectivity index (χ3v) is 22.2. The van der Waals surface area contributed by atoms with Gasteiger partial charge in [0.05, 0.1) is 54.0 Å². The Morgan fingerprint density at radius 3 is 1.97 bits per heavy atom. The standard InChI is InChI=1S/C71H89ClN8O22S4.Na/c1-9-100-47-24-21-23-46(37-47)54(40-63(82)83)76-69(87)77-64-65(45(3)43-79(68(64)86)44-50-53(72)25-22-26-57(50)101-10-2)102-36-20-12-11-18-34-73-66(84)59(106(97,98)99)42-75-67(85)58(105(94,95)96)41-74-62(81)29-17-14-19-35-80-56-33-31-49(104(91,92)93)39-52(56)71(6,7)61(80)28-16-13-15-27-60-70(4,5)51-38-48(103(88,89)90)30-32-55(51)78(60)8;/h13,15-16,21-28,30-33,37-39,43,54,58-59H,9-12,14,17-20,29,34-36,40-42,44H2,1-8H3,(H9-,73,74,75,76,77,81,82,83,84,85,87,88,89,90,91,92,93,94,95,96,97,98,99);/q;+1/p-1/t54-,58?,59?;/m0./s1. The minimum Gasteiger partial charge on any atom is -0.744 e. The van der Waals surface area contributed by atoms with Crippen LogP contribution in [-0.2, 0) is 77.0 Å². The van der Waals surface area contributed by atoms with Crippen LogP contribution in [0.5, 0.6) is 17.2 Å². The number of carboxylic acids is 1. The molecule has 1 aromatic heterocycles. The average Bonchev–Trinajstić information content (AvgIpc) is 1.60. The molecule has 0 saturated carbocycles. The number of halogens is 1.